The fraction of sp³-hybridized carbons (Fsp3) is 0.667. The second-order valence-electron chi connectivity index (χ2n) is 6.15. The summed E-state index contributed by atoms with van der Waals surface area (Å²) in [6, 6.07) is -0.198. The summed E-state index contributed by atoms with van der Waals surface area (Å²) in [6.45, 7) is 9.04. The number of aromatic nitrogens is 2. The standard InChI is InChI=1S/C15H25N3O3/c1-9(2)15(5,14(20)21)7-13(19)17-10(3)12-8-16-18(6)11(12)4/h8-10H,7H2,1-6H3,(H,17,19)(H,20,21). The number of aliphatic carboxylic acids is 1. The Morgan fingerprint density at radius 2 is 2.00 bits per heavy atom. The van der Waals surface area contributed by atoms with Crippen LogP contribution >= 0.6 is 0 Å². The number of hydrogen-bond donors (Lipinski definition) is 2. The fourth-order valence-corrected chi connectivity index (χ4v) is 2.17. The molecular weight excluding hydrogens is 270 g/mol. The Balaban J connectivity index is 2.77. The molecule has 1 rings (SSSR count). The number of carbonyl (C=O) groups is 2. The van der Waals surface area contributed by atoms with E-state index in [1.165, 1.54) is 0 Å². The Hall–Kier alpha value is -1.85. The molecule has 2 unspecified atom stereocenters. The second kappa shape index (κ2) is 6.28. The van der Waals surface area contributed by atoms with Gasteiger partial charge in [-0.2, -0.15) is 5.10 Å². The highest BCUT2D eigenvalue weighted by molar-refractivity contribution is 5.85. The average molecular weight is 295 g/mol. The third kappa shape index (κ3) is 3.62. The summed E-state index contributed by atoms with van der Waals surface area (Å²) >= 11 is 0. The number of amides is 1. The molecule has 1 amide bonds. The molecule has 1 aromatic heterocycles. The first-order valence-corrected chi connectivity index (χ1v) is 7.10. The monoisotopic (exact) mass is 295 g/mol. The zero-order chi connectivity index (χ0) is 16.4. The second-order valence-corrected chi connectivity index (χ2v) is 6.15. The number of nitrogens with one attached hydrogen (secondary N) is 1. The minimum atomic E-state index is -1.06. The normalized spacial score (nSPS) is 15.6. The molecule has 0 bridgehead atoms. The molecule has 2 N–H and O–H groups in total. The number of carboxylic acids is 1. The molecule has 1 aromatic rings. The molecule has 118 valence electrons. The number of carboxylic acid groups (broad SMARTS) is 1. The fourth-order valence-electron chi connectivity index (χ4n) is 2.17. The van der Waals surface area contributed by atoms with Crippen molar-refractivity contribution in [1.82, 2.24) is 15.1 Å². The molecule has 0 fully saturated rings. The predicted octanol–water partition coefficient (Wildman–Crippen LogP) is 2.04. The summed E-state index contributed by atoms with van der Waals surface area (Å²) in [5.74, 6) is -1.33. The van der Waals surface area contributed by atoms with Crippen molar-refractivity contribution in [2.45, 2.75) is 47.1 Å². The van der Waals surface area contributed by atoms with Gasteiger partial charge < -0.3 is 10.4 Å². The van der Waals surface area contributed by atoms with Crippen molar-refractivity contribution < 1.29 is 14.7 Å². The first kappa shape index (κ1) is 17.2. The molecule has 0 spiro atoms. The molecule has 0 aliphatic rings. The van der Waals surface area contributed by atoms with Crippen LogP contribution in [-0.4, -0.2) is 26.8 Å². The van der Waals surface area contributed by atoms with Gasteiger partial charge in [-0.05, 0) is 26.7 Å². The van der Waals surface area contributed by atoms with Gasteiger partial charge in [0.25, 0.3) is 0 Å². The van der Waals surface area contributed by atoms with Crippen LogP contribution in [0.4, 0.5) is 0 Å². The minimum Gasteiger partial charge on any atom is -0.481 e. The van der Waals surface area contributed by atoms with E-state index in [4.69, 9.17) is 0 Å². The Labute approximate surface area is 125 Å². The molecule has 0 radical (unpaired) electrons. The number of nitrogens with zero attached hydrogens (tertiary/aromatic N) is 2. The molecule has 21 heavy (non-hydrogen) atoms. The van der Waals surface area contributed by atoms with E-state index in [0.717, 1.165) is 11.3 Å². The van der Waals surface area contributed by atoms with E-state index >= 15 is 0 Å². The van der Waals surface area contributed by atoms with Gasteiger partial charge in [-0.3, -0.25) is 14.3 Å². The molecular formula is C15H25N3O3. The van der Waals surface area contributed by atoms with Crippen molar-refractivity contribution in [1.29, 1.82) is 0 Å². The molecule has 0 aromatic carbocycles. The van der Waals surface area contributed by atoms with E-state index in [0.29, 0.717) is 0 Å². The smallest absolute Gasteiger partial charge is 0.310 e. The summed E-state index contributed by atoms with van der Waals surface area (Å²) in [7, 11) is 1.84. The Kier molecular flexibility index (Phi) is 5.15. The van der Waals surface area contributed by atoms with E-state index < -0.39 is 11.4 Å². The number of aryl methyl sites for hydroxylation is 1. The van der Waals surface area contributed by atoms with Crippen molar-refractivity contribution in [2.24, 2.45) is 18.4 Å². The highest BCUT2D eigenvalue weighted by Crippen LogP contribution is 2.31. The maximum Gasteiger partial charge on any atom is 0.310 e. The zero-order valence-electron chi connectivity index (χ0n) is 13.6. The van der Waals surface area contributed by atoms with Crippen LogP contribution in [0, 0.1) is 18.3 Å². The van der Waals surface area contributed by atoms with Gasteiger partial charge in [-0.25, -0.2) is 0 Å². The third-order valence-corrected chi connectivity index (χ3v) is 4.41. The van der Waals surface area contributed by atoms with Crippen molar-refractivity contribution in [3.63, 3.8) is 0 Å². The van der Waals surface area contributed by atoms with Crippen molar-refractivity contribution in [2.75, 3.05) is 0 Å². The lowest BCUT2D eigenvalue weighted by Crippen LogP contribution is -2.39. The summed E-state index contributed by atoms with van der Waals surface area (Å²) in [5.41, 5.74) is 0.855. The van der Waals surface area contributed by atoms with Crippen LogP contribution in [0.1, 0.15) is 51.4 Å². The largest absolute Gasteiger partial charge is 0.481 e. The lowest BCUT2D eigenvalue weighted by Gasteiger charge is -2.29. The van der Waals surface area contributed by atoms with E-state index in [1.54, 1.807) is 17.8 Å². The average Bonchev–Trinajstić information content (AvgIpc) is 2.69. The topological polar surface area (TPSA) is 84.2 Å². The van der Waals surface area contributed by atoms with Crippen LogP contribution in [0.25, 0.3) is 0 Å². The Bertz CT molecular complexity index is 536. The third-order valence-electron chi connectivity index (χ3n) is 4.41. The number of rotatable bonds is 6. The van der Waals surface area contributed by atoms with E-state index in [1.807, 2.05) is 34.7 Å². The molecule has 0 aliphatic heterocycles. The lowest BCUT2D eigenvalue weighted by atomic mass is 9.76. The summed E-state index contributed by atoms with van der Waals surface area (Å²) in [4.78, 5) is 23.6. The van der Waals surface area contributed by atoms with Gasteiger partial charge in [0.1, 0.15) is 0 Å². The van der Waals surface area contributed by atoms with E-state index in [9.17, 15) is 14.7 Å². The summed E-state index contributed by atoms with van der Waals surface area (Å²) in [6.07, 6.45) is 1.68. The summed E-state index contributed by atoms with van der Waals surface area (Å²) in [5, 5.41) is 16.4. The minimum absolute atomic E-state index is 0.0380. The molecule has 1 heterocycles. The lowest BCUT2D eigenvalue weighted by molar-refractivity contribution is -0.153. The van der Waals surface area contributed by atoms with Gasteiger partial charge >= 0.3 is 5.97 Å². The van der Waals surface area contributed by atoms with Crippen molar-refractivity contribution in [3.8, 4) is 0 Å². The first-order chi connectivity index (χ1) is 9.59. The maximum absolute atomic E-state index is 12.2. The van der Waals surface area contributed by atoms with Gasteiger partial charge in [0.2, 0.25) is 5.91 Å². The van der Waals surface area contributed by atoms with Gasteiger partial charge in [0.05, 0.1) is 17.7 Å². The number of carbonyl (C=O) groups excluding carboxylic acids is 1. The highest BCUT2D eigenvalue weighted by Gasteiger charge is 2.39. The molecule has 6 nitrogen and oxygen atoms in total. The highest BCUT2D eigenvalue weighted by atomic mass is 16.4. The van der Waals surface area contributed by atoms with Crippen LogP contribution in [0.2, 0.25) is 0 Å². The maximum atomic E-state index is 12.2. The van der Waals surface area contributed by atoms with Gasteiger partial charge in [-0.15, -0.1) is 0 Å². The van der Waals surface area contributed by atoms with E-state index in [-0.39, 0.29) is 24.3 Å². The van der Waals surface area contributed by atoms with Crippen LogP contribution < -0.4 is 5.32 Å². The van der Waals surface area contributed by atoms with E-state index in [2.05, 4.69) is 10.4 Å². The molecule has 0 aliphatic carbocycles. The molecule has 6 heteroatoms. The molecule has 0 saturated heterocycles. The van der Waals surface area contributed by atoms with Crippen LogP contribution in [0.5, 0.6) is 0 Å². The quantitative estimate of drug-likeness (QED) is 0.841. The number of hydrogen-bond acceptors (Lipinski definition) is 3. The van der Waals surface area contributed by atoms with Crippen molar-refractivity contribution in [3.05, 3.63) is 17.5 Å². The molecule has 0 saturated carbocycles. The van der Waals surface area contributed by atoms with Gasteiger partial charge in [-0.1, -0.05) is 13.8 Å². The SMILES string of the molecule is Cc1c(C(C)NC(=O)CC(C)(C(=O)O)C(C)C)cnn1C. The van der Waals surface area contributed by atoms with Gasteiger partial charge in [0, 0.05) is 24.7 Å². The first-order valence-electron chi connectivity index (χ1n) is 7.10. The summed E-state index contributed by atoms with van der Waals surface area (Å²) < 4.78 is 1.74. The van der Waals surface area contributed by atoms with Crippen LogP contribution in [-0.2, 0) is 16.6 Å². The Morgan fingerprint density at radius 3 is 2.38 bits per heavy atom. The predicted molar refractivity (Wildman–Crippen MR) is 79.7 cm³/mol. The molecule has 2 atom stereocenters. The van der Waals surface area contributed by atoms with Crippen LogP contribution in [0.15, 0.2) is 6.20 Å². The van der Waals surface area contributed by atoms with Crippen LogP contribution in [0.3, 0.4) is 0 Å². The van der Waals surface area contributed by atoms with Gasteiger partial charge in [0.15, 0.2) is 0 Å². The zero-order valence-corrected chi connectivity index (χ0v) is 13.6. The van der Waals surface area contributed by atoms with Crippen molar-refractivity contribution >= 4 is 11.9 Å². The Morgan fingerprint density at radius 1 is 1.43 bits per heavy atom.